The van der Waals surface area contributed by atoms with Gasteiger partial charge in [0.05, 0.1) is 30.1 Å². The van der Waals surface area contributed by atoms with E-state index in [1.807, 2.05) is 87.5 Å². The first-order valence-electron chi connectivity index (χ1n) is 14.1. The maximum absolute atomic E-state index is 14.7. The molecule has 6 atom stereocenters. The lowest BCUT2D eigenvalue weighted by Gasteiger charge is -2.40. The SMILES string of the molecule is CC(C)C[C@H](CO)N1C(=O)[C@@H]2[C@@H]3C(=O)N(C)CC=C[C@]3(C)O[C@@]23C=CCN(c2ccc4ccccc4c2)C(=O)C13. The number of carbonyl (C=O) groups is 3. The van der Waals surface area contributed by atoms with Crippen molar-refractivity contribution < 1.29 is 24.2 Å². The monoisotopic (exact) mass is 543 g/mol. The van der Waals surface area contributed by atoms with Crippen LogP contribution in [0.4, 0.5) is 5.69 Å². The van der Waals surface area contributed by atoms with Crippen molar-refractivity contribution in [1.29, 1.82) is 0 Å². The second kappa shape index (κ2) is 9.56. The Hall–Kier alpha value is -3.49. The van der Waals surface area contributed by atoms with Gasteiger partial charge in [0.1, 0.15) is 11.6 Å². The Morgan fingerprint density at radius 1 is 0.950 bits per heavy atom. The molecule has 0 bridgehead atoms. The molecule has 210 valence electrons. The largest absolute Gasteiger partial charge is 0.394 e. The highest BCUT2D eigenvalue weighted by atomic mass is 16.5. The summed E-state index contributed by atoms with van der Waals surface area (Å²) < 4.78 is 6.86. The lowest BCUT2D eigenvalue weighted by molar-refractivity contribution is -0.151. The highest BCUT2D eigenvalue weighted by Crippen LogP contribution is 2.58. The van der Waals surface area contributed by atoms with Crippen molar-refractivity contribution in [3.8, 4) is 0 Å². The van der Waals surface area contributed by atoms with E-state index in [1.54, 1.807) is 21.7 Å². The van der Waals surface area contributed by atoms with Crippen molar-refractivity contribution in [3.05, 3.63) is 66.8 Å². The van der Waals surface area contributed by atoms with Gasteiger partial charge in [0.2, 0.25) is 11.8 Å². The van der Waals surface area contributed by atoms with Gasteiger partial charge in [0.25, 0.3) is 5.91 Å². The first-order valence-corrected chi connectivity index (χ1v) is 14.1. The number of likely N-dealkylation sites (N-methyl/N-ethyl adjacent to an activating group) is 1. The fourth-order valence-electron chi connectivity index (χ4n) is 7.37. The molecule has 4 heterocycles. The summed E-state index contributed by atoms with van der Waals surface area (Å²) in [5.41, 5.74) is -1.68. The van der Waals surface area contributed by atoms with Gasteiger partial charge >= 0.3 is 0 Å². The fourth-order valence-corrected chi connectivity index (χ4v) is 7.37. The van der Waals surface area contributed by atoms with E-state index in [4.69, 9.17) is 4.74 Å². The van der Waals surface area contributed by atoms with Crippen LogP contribution in [0.3, 0.4) is 0 Å². The third-order valence-electron chi connectivity index (χ3n) is 9.09. The molecule has 1 N–H and O–H groups in total. The van der Waals surface area contributed by atoms with Crippen LogP contribution in [0, 0.1) is 17.8 Å². The van der Waals surface area contributed by atoms with Crippen molar-refractivity contribution in [2.45, 2.75) is 50.5 Å². The Labute approximate surface area is 234 Å². The molecule has 2 saturated heterocycles. The normalized spacial score (nSPS) is 32.4. The third kappa shape index (κ3) is 3.84. The summed E-state index contributed by atoms with van der Waals surface area (Å²) in [7, 11) is 1.73. The smallest absolute Gasteiger partial charge is 0.253 e. The van der Waals surface area contributed by atoms with Crippen molar-refractivity contribution in [1.82, 2.24) is 9.80 Å². The van der Waals surface area contributed by atoms with E-state index < -0.39 is 35.1 Å². The predicted molar refractivity (Wildman–Crippen MR) is 152 cm³/mol. The van der Waals surface area contributed by atoms with E-state index in [0.29, 0.717) is 19.5 Å². The molecule has 2 fully saturated rings. The van der Waals surface area contributed by atoms with Crippen LogP contribution in [-0.2, 0) is 19.1 Å². The summed E-state index contributed by atoms with van der Waals surface area (Å²) in [4.78, 5) is 47.8. The van der Waals surface area contributed by atoms with Crippen molar-refractivity contribution in [2.75, 3.05) is 31.6 Å². The van der Waals surface area contributed by atoms with Crippen LogP contribution in [-0.4, -0.2) is 82.7 Å². The minimum atomic E-state index is -1.35. The molecule has 4 aliphatic heterocycles. The fraction of sp³-hybridized carbons (Fsp3) is 0.469. The number of likely N-dealkylation sites (tertiary alicyclic amines) is 1. The number of amides is 3. The van der Waals surface area contributed by atoms with E-state index in [-0.39, 0.29) is 30.2 Å². The molecule has 2 aromatic carbocycles. The summed E-state index contributed by atoms with van der Waals surface area (Å²) >= 11 is 0. The molecule has 0 aliphatic carbocycles. The number of carbonyl (C=O) groups excluding carboxylic acids is 3. The average Bonchev–Trinajstić information content (AvgIpc) is 3.21. The van der Waals surface area contributed by atoms with Crippen LogP contribution < -0.4 is 4.90 Å². The molecule has 1 spiro atoms. The van der Waals surface area contributed by atoms with E-state index in [1.165, 1.54) is 0 Å². The minimum absolute atomic E-state index is 0.175. The van der Waals surface area contributed by atoms with Crippen LogP contribution in [0.1, 0.15) is 27.2 Å². The van der Waals surface area contributed by atoms with Crippen molar-refractivity contribution >= 4 is 34.2 Å². The zero-order valence-electron chi connectivity index (χ0n) is 23.5. The van der Waals surface area contributed by atoms with Crippen molar-refractivity contribution in [3.63, 3.8) is 0 Å². The quantitative estimate of drug-likeness (QED) is 0.586. The maximum atomic E-state index is 14.7. The zero-order valence-corrected chi connectivity index (χ0v) is 23.5. The zero-order chi connectivity index (χ0) is 28.4. The van der Waals surface area contributed by atoms with Gasteiger partial charge in [-0.15, -0.1) is 0 Å². The molecule has 40 heavy (non-hydrogen) atoms. The second-order valence-corrected chi connectivity index (χ2v) is 12.2. The number of nitrogens with zero attached hydrogens (tertiary/aromatic N) is 3. The Kier molecular flexibility index (Phi) is 6.39. The Balaban J connectivity index is 1.51. The maximum Gasteiger partial charge on any atom is 0.253 e. The number of aliphatic hydroxyl groups is 1. The first kappa shape index (κ1) is 26.7. The molecular weight excluding hydrogens is 506 g/mol. The summed E-state index contributed by atoms with van der Waals surface area (Å²) in [6.45, 7) is 6.33. The summed E-state index contributed by atoms with van der Waals surface area (Å²) in [5.74, 6) is -2.27. The number of fused-ring (bicyclic) bond motifs is 3. The van der Waals surface area contributed by atoms with Gasteiger partial charge in [-0.1, -0.05) is 68.5 Å². The van der Waals surface area contributed by atoms with Crippen LogP contribution in [0.5, 0.6) is 0 Å². The first-order chi connectivity index (χ1) is 19.1. The van der Waals surface area contributed by atoms with Gasteiger partial charge in [-0.25, -0.2) is 0 Å². The number of hydrogen-bond donors (Lipinski definition) is 1. The number of ether oxygens (including phenoxy) is 1. The van der Waals surface area contributed by atoms with E-state index in [9.17, 15) is 19.5 Å². The summed E-state index contributed by atoms with van der Waals surface area (Å²) in [6.07, 6.45) is 8.03. The number of anilines is 1. The predicted octanol–water partition coefficient (Wildman–Crippen LogP) is 3.15. The third-order valence-corrected chi connectivity index (χ3v) is 9.09. The molecule has 8 heteroatoms. The van der Waals surface area contributed by atoms with E-state index in [0.717, 1.165) is 16.5 Å². The van der Waals surface area contributed by atoms with Crippen LogP contribution >= 0.6 is 0 Å². The lowest BCUT2D eigenvalue weighted by atomic mass is 9.74. The molecule has 0 saturated carbocycles. The number of benzene rings is 2. The molecule has 4 aliphatic rings. The number of aliphatic hydroxyl groups excluding tert-OH is 1. The molecular formula is C32H37N3O5. The molecule has 2 aromatic rings. The Morgan fingerprint density at radius 3 is 2.40 bits per heavy atom. The van der Waals surface area contributed by atoms with E-state index in [2.05, 4.69) is 0 Å². The highest BCUT2D eigenvalue weighted by molar-refractivity contribution is 6.06. The minimum Gasteiger partial charge on any atom is -0.394 e. The van der Waals surface area contributed by atoms with Gasteiger partial charge in [-0.3, -0.25) is 14.4 Å². The Bertz CT molecular complexity index is 1430. The molecule has 1 unspecified atom stereocenters. The van der Waals surface area contributed by atoms with E-state index >= 15 is 0 Å². The summed E-state index contributed by atoms with van der Waals surface area (Å²) in [6, 6.07) is 12.3. The van der Waals surface area contributed by atoms with Crippen LogP contribution in [0.15, 0.2) is 66.8 Å². The topological polar surface area (TPSA) is 90.4 Å². The van der Waals surface area contributed by atoms with Gasteiger partial charge in [-0.05, 0) is 42.2 Å². The van der Waals surface area contributed by atoms with Gasteiger partial charge in [0.15, 0.2) is 0 Å². The standard InChI is InChI=1S/C32H37N3O5/c1-20(2)17-24(19-36)35-27-30(39)34(23-12-11-21-9-5-6-10-22(21)18-23)16-8-14-32(27)26(29(35)38)25-28(37)33(4)15-7-13-31(25,3)40-32/h5-14,18,20,24-27,36H,15-17,19H2,1-4H3/t24-,25-,26+,27?,31+,32+/m1/s1. The average molecular weight is 544 g/mol. The van der Waals surface area contributed by atoms with Crippen LogP contribution in [0.2, 0.25) is 0 Å². The molecule has 3 amide bonds. The molecule has 0 radical (unpaired) electrons. The molecule has 8 nitrogen and oxygen atoms in total. The van der Waals surface area contributed by atoms with Crippen LogP contribution in [0.25, 0.3) is 10.8 Å². The molecule has 0 aromatic heterocycles. The van der Waals surface area contributed by atoms with Gasteiger partial charge in [0, 0.05) is 25.8 Å². The summed E-state index contributed by atoms with van der Waals surface area (Å²) in [5, 5.41) is 12.6. The lowest BCUT2D eigenvalue weighted by Crippen LogP contribution is -2.59. The van der Waals surface area contributed by atoms with Gasteiger partial charge < -0.3 is 24.5 Å². The Morgan fingerprint density at radius 2 is 1.68 bits per heavy atom. The molecule has 6 rings (SSSR count). The number of rotatable bonds is 5. The number of hydrogen-bond acceptors (Lipinski definition) is 5. The van der Waals surface area contributed by atoms with Crippen molar-refractivity contribution in [2.24, 2.45) is 17.8 Å². The second-order valence-electron chi connectivity index (χ2n) is 12.2. The van der Waals surface area contributed by atoms with Gasteiger partial charge in [-0.2, -0.15) is 0 Å². The highest BCUT2D eigenvalue weighted by Gasteiger charge is 2.75.